The number of carbonyl (C=O) groups excluding carboxylic acids is 1. The van der Waals surface area contributed by atoms with E-state index >= 15 is 0 Å². The van der Waals surface area contributed by atoms with E-state index in [1.165, 1.54) is 31.9 Å². The number of hydrogen-bond donors (Lipinski definition) is 0. The molecular weight excluding hydrogens is 526 g/mol. The molecule has 0 amide bonds. The second-order valence-electron chi connectivity index (χ2n) is 11.2. The van der Waals surface area contributed by atoms with Gasteiger partial charge in [0, 0.05) is 42.6 Å². The minimum absolute atomic E-state index is 0.189. The first kappa shape index (κ1) is 27.1. The number of methoxy groups -OCH3 is 2. The molecule has 0 atom stereocenters. The van der Waals surface area contributed by atoms with Crippen LogP contribution in [0.15, 0.2) is 41.3 Å². The van der Waals surface area contributed by atoms with Crippen molar-refractivity contribution < 1.29 is 22.7 Å². The maximum absolute atomic E-state index is 14.2. The van der Waals surface area contributed by atoms with Crippen LogP contribution in [0.3, 0.4) is 0 Å². The highest BCUT2D eigenvalue weighted by atomic mass is 32.2. The smallest absolute Gasteiger partial charge is 0.337 e. The lowest BCUT2D eigenvalue weighted by atomic mass is 9.81. The molecule has 1 aliphatic carbocycles. The molecule has 0 radical (unpaired) electrons. The molecule has 1 saturated carbocycles. The highest BCUT2D eigenvalue weighted by molar-refractivity contribution is 7.93. The van der Waals surface area contributed by atoms with Gasteiger partial charge in [-0.2, -0.15) is 4.31 Å². The van der Waals surface area contributed by atoms with E-state index in [-0.39, 0.29) is 6.54 Å². The molecule has 40 heavy (non-hydrogen) atoms. The Morgan fingerprint density at radius 2 is 1.70 bits per heavy atom. The summed E-state index contributed by atoms with van der Waals surface area (Å²) in [5.41, 5.74) is 5.43. The van der Waals surface area contributed by atoms with E-state index in [0.29, 0.717) is 48.3 Å². The van der Waals surface area contributed by atoms with Gasteiger partial charge >= 0.3 is 5.97 Å². The highest BCUT2D eigenvalue weighted by Crippen LogP contribution is 2.47. The first-order valence-corrected chi connectivity index (χ1v) is 15.6. The van der Waals surface area contributed by atoms with Gasteiger partial charge in [0.15, 0.2) is 0 Å². The quantitative estimate of drug-likeness (QED) is 0.403. The number of rotatable bonds is 5. The zero-order valence-electron chi connectivity index (χ0n) is 23.5. The number of nitrogens with zero attached hydrogens (tertiary/aromatic N) is 3. The Morgan fingerprint density at radius 3 is 2.40 bits per heavy atom. The van der Waals surface area contributed by atoms with Crippen molar-refractivity contribution in [2.24, 2.45) is 0 Å². The fraction of sp³-hybridized carbons (Fsp3) is 0.452. The monoisotopic (exact) mass is 563 g/mol. The van der Waals surface area contributed by atoms with E-state index < -0.39 is 16.0 Å². The summed E-state index contributed by atoms with van der Waals surface area (Å²) in [6.07, 6.45) is 7.60. The van der Waals surface area contributed by atoms with E-state index in [0.717, 1.165) is 40.6 Å². The van der Waals surface area contributed by atoms with Crippen LogP contribution in [0.25, 0.3) is 28.2 Å². The van der Waals surface area contributed by atoms with Gasteiger partial charge < -0.3 is 18.9 Å². The lowest BCUT2D eigenvalue weighted by Crippen LogP contribution is -2.47. The van der Waals surface area contributed by atoms with Gasteiger partial charge in [-0.05, 0) is 73.3 Å². The largest absolute Gasteiger partial charge is 0.497 e. The fourth-order valence-electron chi connectivity index (χ4n) is 6.61. The summed E-state index contributed by atoms with van der Waals surface area (Å²) in [7, 11) is 1.29. The fourth-order valence-corrected chi connectivity index (χ4v) is 8.15. The summed E-state index contributed by atoms with van der Waals surface area (Å²) < 4.78 is 42.7. The summed E-state index contributed by atoms with van der Waals surface area (Å²) in [6.45, 7) is 2.50. The average Bonchev–Trinajstić information content (AvgIpc) is 3.19. The molecule has 2 fully saturated rings. The molecule has 2 aliphatic heterocycles. The number of ether oxygens (including phenoxy) is 2. The van der Waals surface area contributed by atoms with Crippen LogP contribution in [0.4, 0.5) is 0 Å². The van der Waals surface area contributed by atoms with E-state index in [2.05, 4.69) is 9.47 Å². The Balaban J connectivity index is 1.61. The molecule has 0 spiro atoms. The van der Waals surface area contributed by atoms with Crippen molar-refractivity contribution in [3.63, 3.8) is 0 Å². The number of aromatic nitrogens is 1. The van der Waals surface area contributed by atoms with E-state index in [1.54, 1.807) is 11.4 Å². The number of sulfonamides is 1. The number of hydrogen-bond acceptors (Lipinski definition) is 6. The molecule has 0 N–H and O–H groups in total. The van der Waals surface area contributed by atoms with Crippen LogP contribution in [-0.4, -0.2) is 75.6 Å². The Kier molecular flexibility index (Phi) is 7.23. The average molecular weight is 564 g/mol. The molecule has 9 heteroatoms. The molecule has 8 nitrogen and oxygen atoms in total. The summed E-state index contributed by atoms with van der Waals surface area (Å²) >= 11 is 0. The molecule has 3 heterocycles. The number of allylic oxidation sites excluding steroid dienone is 1. The zero-order chi connectivity index (χ0) is 28.0. The molecule has 3 aliphatic rings. The predicted octanol–water partition coefficient (Wildman–Crippen LogP) is 5.08. The third-order valence-electron chi connectivity index (χ3n) is 8.82. The summed E-state index contributed by atoms with van der Waals surface area (Å²) in [5.74, 6) is 0.640. The zero-order valence-corrected chi connectivity index (χ0v) is 24.3. The van der Waals surface area contributed by atoms with Crippen molar-refractivity contribution >= 4 is 33.0 Å². The van der Waals surface area contributed by atoms with Crippen LogP contribution >= 0.6 is 0 Å². The van der Waals surface area contributed by atoms with Crippen LogP contribution in [0.5, 0.6) is 5.75 Å². The minimum atomic E-state index is -3.74. The van der Waals surface area contributed by atoms with Crippen LogP contribution in [0.1, 0.15) is 59.5 Å². The Morgan fingerprint density at radius 1 is 0.950 bits per heavy atom. The number of likely N-dealkylation sites (N-methyl/N-ethyl adjacent to an activating group) is 1. The van der Waals surface area contributed by atoms with E-state index in [1.807, 2.05) is 49.5 Å². The lowest BCUT2D eigenvalue weighted by molar-refractivity contribution is 0.0601. The summed E-state index contributed by atoms with van der Waals surface area (Å²) in [6, 6.07) is 11.6. The van der Waals surface area contributed by atoms with Gasteiger partial charge in [-0.15, -0.1) is 0 Å². The number of benzene rings is 2. The normalized spacial score (nSPS) is 19.0. The number of piperazine rings is 1. The molecular formula is C31H37N3O5S. The molecule has 3 aromatic rings. The standard InChI is InChI=1S/C31H37N3O5S/c1-32-13-15-33(16-14-32)40(36,37)25-18-23-17-24(38-2)10-12-26(23)30-29(21-7-5-4-6-8-21)27-11-9-22(31(35)39-3)19-28(27)34(30)20-25/h9-12,17-19,21H,4-8,13-16,20H2,1-3H3. The molecule has 0 bridgehead atoms. The number of carbonyl (C=O) groups is 1. The third-order valence-corrected chi connectivity index (χ3v) is 10.8. The Hall–Kier alpha value is -3.14. The molecule has 1 saturated heterocycles. The molecule has 6 rings (SSSR count). The summed E-state index contributed by atoms with van der Waals surface area (Å²) in [5, 5.41) is 1.08. The van der Waals surface area contributed by atoms with Gasteiger partial charge in [0.2, 0.25) is 10.0 Å². The van der Waals surface area contributed by atoms with Crippen molar-refractivity contribution in [1.29, 1.82) is 0 Å². The Labute approximate surface area is 236 Å². The third kappa shape index (κ3) is 4.63. The molecule has 0 unspecified atom stereocenters. The number of esters is 1. The van der Waals surface area contributed by atoms with Gasteiger partial charge in [-0.3, -0.25) is 0 Å². The maximum atomic E-state index is 14.2. The summed E-state index contributed by atoms with van der Waals surface area (Å²) in [4.78, 5) is 15.1. The van der Waals surface area contributed by atoms with Crippen LogP contribution in [0.2, 0.25) is 0 Å². The van der Waals surface area contributed by atoms with Gasteiger partial charge in [0.05, 0.1) is 36.9 Å². The highest BCUT2D eigenvalue weighted by Gasteiger charge is 2.35. The topological polar surface area (TPSA) is 81.1 Å². The van der Waals surface area contributed by atoms with Crippen LogP contribution < -0.4 is 4.74 Å². The van der Waals surface area contributed by atoms with Crippen LogP contribution in [0, 0.1) is 0 Å². The second-order valence-corrected chi connectivity index (χ2v) is 13.2. The van der Waals surface area contributed by atoms with Gasteiger partial charge in [0.1, 0.15) is 5.75 Å². The first-order chi connectivity index (χ1) is 19.3. The minimum Gasteiger partial charge on any atom is -0.497 e. The maximum Gasteiger partial charge on any atom is 0.337 e. The van der Waals surface area contributed by atoms with Crippen molar-refractivity contribution in [1.82, 2.24) is 13.8 Å². The molecule has 212 valence electrons. The van der Waals surface area contributed by atoms with Crippen molar-refractivity contribution in [3.8, 4) is 17.0 Å². The lowest BCUT2D eigenvalue weighted by Gasteiger charge is -2.32. The second kappa shape index (κ2) is 10.7. The Bertz CT molecular complexity index is 1590. The SMILES string of the molecule is COC(=O)c1ccc2c(C3CCCCC3)c3n(c2c1)CC(S(=O)(=O)N1CCN(C)CC1)=Cc1cc(OC)ccc1-3. The van der Waals surface area contributed by atoms with Crippen molar-refractivity contribution in [3.05, 3.63) is 58.0 Å². The molecule has 1 aromatic heterocycles. The van der Waals surface area contributed by atoms with Crippen molar-refractivity contribution in [2.45, 2.75) is 44.6 Å². The van der Waals surface area contributed by atoms with Gasteiger partial charge in [0.25, 0.3) is 0 Å². The predicted molar refractivity (Wildman–Crippen MR) is 157 cm³/mol. The number of fused-ring (bicyclic) bond motifs is 5. The van der Waals surface area contributed by atoms with Crippen molar-refractivity contribution in [2.75, 3.05) is 47.4 Å². The van der Waals surface area contributed by atoms with E-state index in [4.69, 9.17) is 9.47 Å². The van der Waals surface area contributed by atoms with Gasteiger partial charge in [-0.25, -0.2) is 13.2 Å². The van der Waals surface area contributed by atoms with Crippen LogP contribution in [-0.2, 0) is 21.3 Å². The van der Waals surface area contributed by atoms with Gasteiger partial charge in [-0.1, -0.05) is 25.3 Å². The van der Waals surface area contributed by atoms with E-state index in [9.17, 15) is 13.2 Å². The molecule has 2 aromatic carbocycles. The first-order valence-electron chi connectivity index (χ1n) is 14.1.